The SMILES string of the molecule is OC[C@]12CC[C@H](O)CC1=CCC1C3CC=C(n4cnc5ccccc54)C3CCC12. The number of aliphatic hydroxyl groups is 2. The predicted octanol–water partition coefficient (Wildman–Crippen LogP) is 4.39. The standard InChI is InChI=1S/C25H30N2O2/c28-14-25-12-11-17(29)13-16(25)5-6-19-18-8-10-23(20(18)7-9-21(19)25)27-15-26-22-3-1-2-4-24(22)27/h1-5,10,15,17-21,28-29H,6-9,11-14H2/t17-,18?,19?,20?,21?,25+/m0/s1. The summed E-state index contributed by atoms with van der Waals surface area (Å²) in [5.74, 6) is 2.46. The molecule has 0 amide bonds. The molecule has 1 aromatic heterocycles. The van der Waals surface area contributed by atoms with Gasteiger partial charge in [-0.3, -0.25) is 0 Å². The summed E-state index contributed by atoms with van der Waals surface area (Å²) in [5, 5.41) is 20.7. The van der Waals surface area contributed by atoms with Crippen LogP contribution in [0, 0.1) is 29.1 Å². The number of hydrogen-bond acceptors (Lipinski definition) is 3. The minimum absolute atomic E-state index is 0.0719. The molecule has 4 aliphatic rings. The smallest absolute Gasteiger partial charge is 0.100 e. The highest BCUT2D eigenvalue weighted by Gasteiger charge is 2.54. The number of allylic oxidation sites excluding steroid dienone is 3. The molecule has 29 heavy (non-hydrogen) atoms. The molecule has 4 heteroatoms. The number of hydrogen-bond donors (Lipinski definition) is 2. The van der Waals surface area contributed by atoms with Crippen LogP contribution in [0.25, 0.3) is 16.7 Å². The number of aromatic nitrogens is 2. The Labute approximate surface area is 172 Å². The molecule has 4 unspecified atom stereocenters. The van der Waals surface area contributed by atoms with Gasteiger partial charge in [-0.05, 0) is 74.8 Å². The number of imidazole rings is 1. The molecule has 6 rings (SSSR count). The van der Waals surface area contributed by atoms with Gasteiger partial charge < -0.3 is 14.8 Å². The highest BCUT2D eigenvalue weighted by Crippen LogP contribution is 2.61. The Kier molecular flexibility index (Phi) is 4.04. The van der Waals surface area contributed by atoms with E-state index in [1.807, 2.05) is 6.33 Å². The second-order valence-corrected chi connectivity index (χ2v) is 9.76. The van der Waals surface area contributed by atoms with Gasteiger partial charge in [0, 0.05) is 17.0 Å². The van der Waals surface area contributed by atoms with Crippen molar-refractivity contribution in [3.05, 3.63) is 48.3 Å². The third-order valence-corrected chi connectivity index (χ3v) is 8.73. The molecule has 2 N–H and O–H groups in total. The average Bonchev–Trinajstić information content (AvgIpc) is 3.37. The first-order valence-corrected chi connectivity index (χ1v) is 11.3. The quantitative estimate of drug-likeness (QED) is 0.748. The number of rotatable bonds is 2. The zero-order valence-corrected chi connectivity index (χ0v) is 16.9. The van der Waals surface area contributed by atoms with Gasteiger partial charge in [0.2, 0.25) is 0 Å². The summed E-state index contributed by atoms with van der Waals surface area (Å²) in [5.41, 5.74) is 4.99. The van der Waals surface area contributed by atoms with Gasteiger partial charge in [0.05, 0.1) is 23.7 Å². The Bertz CT molecular complexity index is 1010. The summed E-state index contributed by atoms with van der Waals surface area (Å²) < 4.78 is 2.32. The molecule has 0 radical (unpaired) electrons. The third kappa shape index (κ3) is 2.48. The van der Waals surface area contributed by atoms with Crippen LogP contribution < -0.4 is 0 Å². The van der Waals surface area contributed by atoms with Gasteiger partial charge in [0.1, 0.15) is 6.33 Å². The van der Waals surface area contributed by atoms with Crippen LogP contribution >= 0.6 is 0 Å². The second kappa shape index (κ2) is 6.55. The van der Waals surface area contributed by atoms with Crippen molar-refractivity contribution >= 4 is 16.7 Å². The Morgan fingerprint density at radius 3 is 2.83 bits per heavy atom. The van der Waals surface area contributed by atoms with E-state index >= 15 is 0 Å². The third-order valence-electron chi connectivity index (χ3n) is 8.73. The lowest BCUT2D eigenvalue weighted by molar-refractivity contribution is -0.0399. The molecular formula is C25H30N2O2. The highest BCUT2D eigenvalue weighted by atomic mass is 16.3. The predicted molar refractivity (Wildman–Crippen MR) is 114 cm³/mol. The first kappa shape index (κ1) is 17.9. The van der Waals surface area contributed by atoms with Gasteiger partial charge >= 0.3 is 0 Å². The van der Waals surface area contributed by atoms with Crippen molar-refractivity contribution in [2.75, 3.05) is 6.61 Å². The van der Waals surface area contributed by atoms with Crippen molar-refractivity contribution in [3.8, 4) is 0 Å². The van der Waals surface area contributed by atoms with Crippen molar-refractivity contribution in [2.45, 2.75) is 51.0 Å². The number of nitrogens with zero attached hydrogens (tertiary/aromatic N) is 2. The Morgan fingerprint density at radius 1 is 1.07 bits per heavy atom. The Balaban J connectivity index is 1.33. The van der Waals surface area contributed by atoms with E-state index in [1.165, 1.54) is 29.6 Å². The van der Waals surface area contributed by atoms with E-state index in [0.29, 0.717) is 23.7 Å². The first-order chi connectivity index (χ1) is 14.2. The van der Waals surface area contributed by atoms with Crippen LogP contribution in [0.3, 0.4) is 0 Å². The van der Waals surface area contributed by atoms with Crippen LogP contribution in [0.1, 0.15) is 44.9 Å². The Hall–Kier alpha value is -1.91. The molecule has 4 nitrogen and oxygen atoms in total. The lowest BCUT2D eigenvalue weighted by atomic mass is 9.50. The number of fused-ring (bicyclic) bond motifs is 6. The summed E-state index contributed by atoms with van der Waals surface area (Å²) in [4.78, 5) is 4.62. The number of benzene rings is 1. The van der Waals surface area contributed by atoms with Gasteiger partial charge in [-0.25, -0.2) is 4.98 Å². The molecule has 0 saturated heterocycles. The van der Waals surface area contributed by atoms with Crippen LogP contribution in [0.15, 0.2) is 48.3 Å². The highest BCUT2D eigenvalue weighted by molar-refractivity contribution is 5.79. The topological polar surface area (TPSA) is 58.3 Å². The average molecular weight is 391 g/mol. The summed E-state index contributed by atoms with van der Waals surface area (Å²) in [6.45, 7) is 0.247. The molecule has 1 aromatic carbocycles. The maximum atomic E-state index is 10.5. The fourth-order valence-electron chi connectivity index (χ4n) is 7.40. The van der Waals surface area contributed by atoms with Gasteiger partial charge in [-0.2, -0.15) is 0 Å². The van der Waals surface area contributed by atoms with Crippen molar-refractivity contribution in [2.24, 2.45) is 29.1 Å². The summed E-state index contributed by atoms with van der Waals surface area (Å²) in [7, 11) is 0. The lowest BCUT2D eigenvalue weighted by Crippen LogP contribution is -2.50. The number of aliphatic hydroxyl groups excluding tert-OH is 2. The van der Waals surface area contributed by atoms with Crippen LogP contribution in [0.4, 0.5) is 0 Å². The van der Waals surface area contributed by atoms with E-state index < -0.39 is 0 Å². The molecule has 4 aliphatic carbocycles. The van der Waals surface area contributed by atoms with Gasteiger partial charge in [0.15, 0.2) is 0 Å². The van der Waals surface area contributed by atoms with E-state index in [1.54, 1.807) is 0 Å². The molecule has 2 fully saturated rings. The molecule has 6 atom stereocenters. The zero-order chi connectivity index (χ0) is 19.6. The molecular weight excluding hydrogens is 360 g/mol. The fourth-order valence-corrected chi connectivity index (χ4v) is 7.40. The maximum Gasteiger partial charge on any atom is 0.100 e. The molecule has 152 valence electrons. The summed E-state index contributed by atoms with van der Waals surface area (Å²) >= 11 is 0. The molecule has 2 aromatic rings. The van der Waals surface area contributed by atoms with Gasteiger partial charge in [0.25, 0.3) is 0 Å². The van der Waals surface area contributed by atoms with Crippen LogP contribution in [-0.2, 0) is 0 Å². The van der Waals surface area contributed by atoms with Crippen molar-refractivity contribution < 1.29 is 10.2 Å². The molecule has 0 bridgehead atoms. The monoisotopic (exact) mass is 390 g/mol. The van der Waals surface area contributed by atoms with Gasteiger partial charge in [-0.1, -0.05) is 29.9 Å². The van der Waals surface area contributed by atoms with Crippen LogP contribution in [0.5, 0.6) is 0 Å². The van der Waals surface area contributed by atoms with E-state index in [0.717, 1.165) is 37.6 Å². The van der Waals surface area contributed by atoms with E-state index in [2.05, 4.69) is 46.0 Å². The summed E-state index contributed by atoms with van der Waals surface area (Å²) in [6, 6.07) is 8.41. The van der Waals surface area contributed by atoms with Crippen molar-refractivity contribution in [3.63, 3.8) is 0 Å². The van der Waals surface area contributed by atoms with E-state index in [4.69, 9.17) is 0 Å². The van der Waals surface area contributed by atoms with Gasteiger partial charge in [-0.15, -0.1) is 0 Å². The Morgan fingerprint density at radius 2 is 1.93 bits per heavy atom. The normalized spacial score (nSPS) is 38.8. The van der Waals surface area contributed by atoms with Crippen molar-refractivity contribution in [1.82, 2.24) is 9.55 Å². The molecule has 2 saturated carbocycles. The van der Waals surface area contributed by atoms with Crippen LogP contribution in [0.2, 0.25) is 0 Å². The zero-order valence-electron chi connectivity index (χ0n) is 16.9. The van der Waals surface area contributed by atoms with Crippen LogP contribution in [-0.4, -0.2) is 32.5 Å². The largest absolute Gasteiger partial charge is 0.395 e. The maximum absolute atomic E-state index is 10.5. The van der Waals surface area contributed by atoms with Crippen molar-refractivity contribution in [1.29, 1.82) is 0 Å². The molecule has 0 aliphatic heterocycles. The minimum Gasteiger partial charge on any atom is -0.395 e. The summed E-state index contributed by atoms with van der Waals surface area (Å²) in [6.07, 6.45) is 13.8. The first-order valence-electron chi connectivity index (χ1n) is 11.3. The second-order valence-electron chi connectivity index (χ2n) is 9.76. The lowest BCUT2D eigenvalue weighted by Gasteiger charge is -2.55. The minimum atomic E-state index is -0.219. The molecule has 1 heterocycles. The van der Waals surface area contributed by atoms with E-state index in [9.17, 15) is 10.2 Å². The molecule has 0 spiro atoms. The van der Waals surface area contributed by atoms with E-state index in [-0.39, 0.29) is 18.1 Å². The number of para-hydroxylation sites is 2. The fraction of sp³-hybridized carbons (Fsp3) is 0.560.